The highest BCUT2D eigenvalue weighted by Crippen LogP contribution is 2.34. The van der Waals surface area contributed by atoms with Crippen molar-refractivity contribution in [2.45, 2.75) is 6.18 Å². The highest BCUT2D eigenvalue weighted by Gasteiger charge is 2.36. The van der Waals surface area contributed by atoms with Gasteiger partial charge < -0.3 is 9.47 Å². The van der Waals surface area contributed by atoms with E-state index in [9.17, 15) is 18.0 Å². The Labute approximate surface area is 162 Å². The van der Waals surface area contributed by atoms with Gasteiger partial charge in [-0.25, -0.2) is 4.98 Å². The lowest BCUT2D eigenvalue weighted by atomic mass is 10.1. The lowest BCUT2D eigenvalue weighted by Crippen LogP contribution is -2.21. The molecule has 4 rings (SSSR count). The molecule has 0 unspecified atom stereocenters. The van der Waals surface area contributed by atoms with E-state index < -0.39 is 17.3 Å². The third-order valence-corrected chi connectivity index (χ3v) is 4.59. The molecule has 148 valence electrons. The molecule has 4 aromatic rings. The molecule has 2 heterocycles. The molecule has 0 atom stereocenters. The van der Waals surface area contributed by atoms with Crippen LogP contribution in [0.25, 0.3) is 27.6 Å². The highest BCUT2D eigenvalue weighted by molar-refractivity contribution is 5.92. The van der Waals surface area contributed by atoms with Gasteiger partial charge in [0, 0.05) is 23.6 Å². The van der Waals surface area contributed by atoms with Gasteiger partial charge in [0.2, 0.25) is 0 Å². The average molecular weight is 400 g/mol. The summed E-state index contributed by atoms with van der Waals surface area (Å²) in [6.07, 6.45) is -4.76. The predicted molar refractivity (Wildman–Crippen MR) is 103 cm³/mol. The first-order valence-electron chi connectivity index (χ1n) is 8.58. The van der Waals surface area contributed by atoms with E-state index >= 15 is 0 Å². The predicted octanol–water partition coefficient (Wildman–Crippen LogP) is 4.57. The second kappa shape index (κ2) is 6.80. The Balaban J connectivity index is 2.17. The fraction of sp³-hybridized carbons (Fsp3) is 0.143. The first-order chi connectivity index (χ1) is 13.8. The third-order valence-electron chi connectivity index (χ3n) is 4.59. The van der Waals surface area contributed by atoms with E-state index in [-0.39, 0.29) is 16.7 Å². The van der Waals surface area contributed by atoms with Gasteiger partial charge in [-0.1, -0.05) is 6.07 Å². The SMILES string of the molecule is COc1cccc(-n2c(C(F)(F)F)cc(=O)c3cc4ccc(OC)cc4nc32)c1. The number of ether oxygens (including phenoxy) is 2. The highest BCUT2D eigenvalue weighted by atomic mass is 19.4. The lowest BCUT2D eigenvalue weighted by molar-refractivity contribution is -0.142. The summed E-state index contributed by atoms with van der Waals surface area (Å²) in [7, 11) is 2.90. The molecule has 5 nitrogen and oxygen atoms in total. The molecular formula is C21H15F3N2O3. The molecule has 2 aromatic heterocycles. The Morgan fingerprint density at radius 2 is 1.66 bits per heavy atom. The van der Waals surface area contributed by atoms with Crippen molar-refractivity contribution < 1.29 is 22.6 Å². The number of hydrogen-bond donors (Lipinski definition) is 0. The molecule has 0 saturated heterocycles. The Morgan fingerprint density at radius 1 is 0.931 bits per heavy atom. The van der Waals surface area contributed by atoms with Crippen molar-refractivity contribution in [1.29, 1.82) is 0 Å². The van der Waals surface area contributed by atoms with Gasteiger partial charge in [0.05, 0.1) is 30.8 Å². The summed E-state index contributed by atoms with van der Waals surface area (Å²) in [6, 6.07) is 13.3. The van der Waals surface area contributed by atoms with Gasteiger partial charge in [0.15, 0.2) is 5.43 Å². The van der Waals surface area contributed by atoms with Crippen molar-refractivity contribution >= 4 is 21.9 Å². The minimum atomic E-state index is -4.76. The molecule has 0 bridgehead atoms. The van der Waals surface area contributed by atoms with Crippen LogP contribution in [0.15, 0.2) is 59.4 Å². The summed E-state index contributed by atoms with van der Waals surface area (Å²) < 4.78 is 52.7. The maximum Gasteiger partial charge on any atom is 0.431 e. The number of alkyl halides is 3. The van der Waals surface area contributed by atoms with Crippen molar-refractivity contribution in [1.82, 2.24) is 9.55 Å². The maximum atomic E-state index is 13.8. The van der Waals surface area contributed by atoms with Crippen LogP contribution < -0.4 is 14.9 Å². The number of aromatic nitrogens is 2. The second-order valence-corrected chi connectivity index (χ2v) is 6.35. The van der Waals surface area contributed by atoms with Gasteiger partial charge in [-0.05, 0) is 30.3 Å². The molecule has 8 heteroatoms. The van der Waals surface area contributed by atoms with Crippen LogP contribution in [-0.4, -0.2) is 23.8 Å². The number of hydrogen-bond acceptors (Lipinski definition) is 4. The van der Waals surface area contributed by atoms with Gasteiger partial charge >= 0.3 is 6.18 Å². The molecular weight excluding hydrogens is 385 g/mol. The molecule has 0 amide bonds. The normalized spacial score (nSPS) is 11.8. The zero-order valence-corrected chi connectivity index (χ0v) is 15.4. The number of rotatable bonds is 3. The lowest BCUT2D eigenvalue weighted by Gasteiger charge is -2.19. The van der Waals surface area contributed by atoms with E-state index in [1.165, 1.54) is 32.4 Å². The minimum Gasteiger partial charge on any atom is -0.497 e. The number of methoxy groups -OCH3 is 2. The quantitative estimate of drug-likeness (QED) is 0.473. The van der Waals surface area contributed by atoms with Crippen LogP contribution in [-0.2, 0) is 6.18 Å². The summed E-state index contributed by atoms with van der Waals surface area (Å²) in [5.41, 5.74) is -1.38. The molecule has 0 N–H and O–H groups in total. The van der Waals surface area contributed by atoms with Crippen LogP contribution in [0.1, 0.15) is 5.69 Å². The smallest absolute Gasteiger partial charge is 0.431 e. The van der Waals surface area contributed by atoms with Crippen molar-refractivity contribution in [2.24, 2.45) is 0 Å². The first-order valence-corrected chi connectivity index (χ1v) is 8.58. The van der Waals surface area contributed by atoms with Crippen molar-refractivity contribution in [3.8, 4) is 17.2 Å². The summed E-state index contributed by atoms with van der Waals surface area (Å²) in [4.78, 5) is 16.9. The molecule has 2 aromatic carbocycles. The monoisotopic (exact) mass is 400 g/mol. The molecule has 0 aliphatic carbocycles. The Morgan fingerprint density at radius 3 is 2.34 bits per heavy atom. The molecule has 0 radical (unpaired) electrons. The summed E-state index contributed by atoms with van der Waals surface area (Å²) in [6.45, 7) is 0. The molecule has 29 heavy (non-hydrogen) atoms. The van der Waals surface area contributed by atoms with Crippen molar-refractivity contribution in [2.75, 3.05) is 14.2 Å². The van der Waals surface area contributed by atoms with Gasteiger partial charge in [-0.3, -0.25) is 9.36 Å². The fourth-order valence-electron chi connectivity index (χ4n) is 3.22. The van der Waals surface area contributed by atoms with E-state index in [0.717, 1.165) is 4.57 Å². The van der Waals surface area contributed by atoms with Gasteiger partial charge in [0.25, 0.3) is 0 Å². The zero-order chi connectivity index (χ0) is 20.8. The first kappa shape index (κ1) is 18.8. The Kier molecular flexibility index (Phi) is 4.41. The average Bonchev–Trinajstić information content (AvgIpc) is 2.71. The molecule has 0 spiro atoms. The van der Waals surface area contributed by atoms with Crippen molar-refractivity contribution in [3.63, 3.8) is 0 Å². The van der Waals surface area contributed by atoms with E-state index in [4.69, 9.17) is 9.47 Å². The fourth-order valence-corrected chi connectivity index (χ4v) is 3.22. The standard InChI is InChI=1S/C21H15F3N2O3/c1-28-14-5-3-4-13(9-14)26-19(21(22,23)24)11-18(27)16-8-12-6-7-15(29-2)10-17(12)25-20(16)26/h3-11H,1-2H3. The van der Waals surface area contributed by atoms with E-state index in [2.05, 4.69) is 4.98 Å². The topological polar surface area (TPSA) is 53.4 Å². The molecule has 0 saturated carbocycles. The van der Waals surface area contributed by atoms with Gasteiger partial charge in [-0.2, -0.15) is 13.2 Å². The van der Waals surface area contributed by atoms with E-state index in [1.807, 2.05) is 0 Å². The number of benzene rings is 2. The minimum absolute atomic E-state index is 0.0819. The largest absolute Gasteiger partial charge is 0.497 e. The van der Waals surface area contributed by atoms with E-state index in [0.29, 0.717) is 28.5 Å². The van der Waals surface area contributed by atoms with Crippen LogP contribution >= 0.6 is 0 Å². The number of pyridine rings is 2. The van der Waals surface area contributed by atoms with Crippen LogP contribution in [0.3, 0.4) is 0 Å². The van der Waals surface area contributed by atoms with Gasteiger partial charge in [-0.15, -0.1) is 0 Å². The van der Waals surface area contributed by atoms with Crippen LogP contribution in [0.4, 0.5) is 13.2 Å². The number of fused-ring (bicyclic) bond motifs is 2. The Bertz CT molecular complexity index is 1300. The van der Waals surface area contributed by atoms with Crippen LogP contribution in [0.2, 0.25) is 0 Å². The molecule has 0 fully saturated rings. The zero-order valence-electron chi connectivity index (χ0n) is 15.4. The number of halogens is 3. The maximum absolute atomic E-state index is 13.8. The van der Waals surface area contributed by atoms with Gasteiger partial charge in [0.1, 0.15) is 22.8 Å². The molecule has 0 aliphatic heterocycles. The summed E-state index contributed by atoms with van der Waals surface area (Å²) in [5.74, 6) is 0.886. The van der Waals surface area contributed by atoms with Crippen LogP contribution in [0, 0.1) is 0 Å². The second-order valence-electron chi connectivity index (χ2n) is 6.35. The molecule has 0 aliphatic rings. The summed E-state index contributed by atoms with van der Waals surface area (Å²) >= 11 is 0. The Hall–Kier alpha value is -3.55. The van der Waals surface area contributed by atoms with E-state index in [1.54, 1.807) is 30.3 Å². The summed E-state index contributed by atoms with van der Waals surface area (Å²) in [5, 5.41) is 0.700. The number of nitrogens with zero attached hydrogens (tertiary/aromatic N) is 2. The van der Waals surface area contributed by atoms with Crippen LogP contribution in [0.5, 0.6) is 11.5 Å². The van der Waals surface area contributed by atoms with Crippen molar-refractivity contribution in [3.05, 3.63) is 70.5 Å². The third kappa shape index (κ3) is 3.26.